The average molecular weight is 185 g/mol. The Labute approximate surface area is 78.8 Å². The van der Waals surface area contributed by atoms with Crippen molar-refractivity contribution in [2.45, 2.75) is 26.7 Å². The van der Waals surface area contributed by atoms with E-state index in [9.17, 15) is 5.11 Å². The highest BCUT2D eigenvalue weighted by molar-refractivity contribution is 7.80. The maximum Gasteiger partial charge on any atom is 0.0962 e. The van der Waals surface area contributed by atoms with Crippen LogP contribution in [0.5, 0.6) is 0 Å². The van der Waals surface area contributed by atoms with Crippen molar-refractivity contribution in [2.75, 3.05) is 0 Å². The summed E-state index contributed by atoms with van der Waals surface area (Å²) in [6.07, 6.45) is 4.97. The van der Waals surface area contributed by atoms with E-state index in [-0.39, 0.29) is 0 Å². The van der Waals surface area contributed by atoms with Crippen LogP contribution in [0, 0.1) is 0 Å². The molecule has 2 nitrogen and oxygen atoms in total. The van der Waals surface area contributed by atoms with Gasteiger partial charge in [0.15, 0.2) is 0 Å². The number of rotatable bonds is 4. The molecule has 0 heterocycles. The summed E-state index contributed by atoms with van der Waals surface area (Å²) in [5.74, 6) is 0.407. The zero-order valence-corrected chi connectivity index (χ0v) is 8.32. The van der Waals surface area contributed by atoms with Gasteiger partial charge in [-0.1, -0.05) is 25.2 Å². The molecule has 0 radical (unpaired) electrons. The summed E-state index contributed by atoms with van der Waals surface area (Å²) in [6, 6.07) is 0. The highest BCUT2D eigenvalue weighted by Gasteiger charge is 1.94. The van der Waals surface area contributed by atoms with Crippen molar-refractivity contribution in [3.63, 3.8) is 0 Å². The van der Waals surface area contributed by atoms with Gasteiger partial charge in [-0.2, -0.15) is 0 Å². The topological polar surface area (TPSA) is 46.2 Å². The number of aliphatic hydroxyl groups excluding tert-OH is 1. The second-order valence-electron chi connectivity index (χ2n) is 2.62. The Balaban J connectivity index is 4.25. The van der Waals surface area contributed by atoms with Crippen LogP contribution < -0.4 is 5.73 Å². The standard InChI is InChI=1S/C9H15NOS/c1-3-4-8(11)7(2)5-6-9(10)12/h5-6,11H,3-4H2,1-2H3,(H2,10,12). The van der Waals surface area contributed by atoms with Gasteiger partial charge in [0.2, 0.25) is 0 Å². The van der Waals surface area contributed by atoms with E-state index in [1.54, 1.807) is 12.2 Å². The molecule has 3 heteroatoms. The molecule has 0 atom stereocenters. The maximum atomic E-state index is 9.37. The van der Waals surface area contributed by atoms with Crippen molar-refractivity contribution >= 4 is 17.2 Å². The van der Waals surface area contributed by atoms with Crippen LogP contribution >= 0.6 is 12.2 Å². The third kappa shape index (κ3) is 4.91. The number of hydrogen-bond acceptors (Lipinski definition) is 2. The number of nitrogens with two attached hydrogens (primary N) is 1. The molecule has 3 N–H and O–H groups in total. The van der Waals surface area contributed by atoms with E-state index in [0.717, 1.165) is 12.0 Å². The van der Waals surface area contributed by atoms with Gasteiger partial charge in [0.1, 0.15) is 0 Å². The number of hydrogen-bond donors (Lipinski definition) is 2. The Hall–Kier alpha value is -0.830. The fourth-order valence-corrected chi connectivity index (χ4v) is 0.805. The molecule has 0 aliphatic carbocycles. The molecule has 68 valence electrons. The van der Waals surface area contributed by atoms with Gasteiger partial charge in [-0.3, -0.25) is 0 Å². The lowest BCUT2D eigenvalue weighted by atomic mass is 10.2. The Morgan fingerprint density at radius 1 is 1.50 bits per heavy atom. The van der Waals surface area contributed by atoms with Crippen molar-refractivity contribution < 1.29 is 5.11 Å². The molecule has 0 saturated carbocycles. The summed E-state index contributed by atoms with van der Waals surface area (Å²) in [6.45, 7) is 3.85. The first-order chi connectivity index (χ1) is 5.57. The third-order valence-electron chi connectivity index (χ3n) is 1.44. The van der Waals surface area contributed by atoms with Gasteiger partial charge >= 0.3 is 0 Å². The molecule has 0 aliphatic rings. The molecule has 0 amide bonds. The van der Waals surface area contributed by atoms with Crippen LogP contribution in [0.25, 0.3) is 0 Å². The molecule has 12 heavy (non-hydrogen) atoms. The predicted molar refractivity (Wildman–Crippen MR) is 56.2 cm³/mol. The van der Waals surface area contributed by atoms with Gasteiger partial charge in [0.25, 0.3) is 0 Å². The summed E-state index contributed by atoms with van der Waals surface area (Å²) in [4.78, 5) is 0.332. The van der Waals surface area contributed by atoms with E-state index in [1.165, 1.54) is 0 Å². The van der Waals surface area contributed by atoms with Gasteiger partial charge in [-0.15, -0.1) is 0 Å². The van der Waals surface area contributed by atoms with E-state index in [1.807, 2.05) is 13.8 Å². The molecule has 0 aliphatic heterocycles. The van der Waals surface area contributed by atoms with Crippen LogP contribution in [0.2, 0.25) is 0 Å². The lowest BCUT2D eigenvalue weighted by Gasteiger charge is -1.99. The highest BCUT2D eigenvalue weighted by Crippen LogP contribution is 2.08. The summed E-state index contributed by atoms with van der Waals surface area (Å²) >= 11 is 4.65. The van der Waals surface area contributed by atoms with Gasteiger partial charge in [-0.05, 0) is 25.0 Å². The SMILES string of the molecule is CCCC(O)=C(C)C=CC(N)=S. The van der Waals surface area contributed by atoms with E-state index in [2.05, 4.69) is 12.2 Å². The van der Waals surface area contributed by atoms with Crippen molar-refractivity contribution in [3.05, 3.63) is 23.5 Å². The Morgan fingerprint density at radius 3 is 2.50 bits per heavy atom. The van der Waals surface area contributed by atoms with Crippen LogP contribution in [0.15, 0.2) is 23.5 Å². The fourth-order valence-electron chi connectivity index (χ4n) is 0.737. The molecule has 0 bridgehead atoms. The van der Waals surface area contributed by atoms with E-state index in [0.29, 0.717) is 17.2 Å². The minimum Gasteiger partial charge on any atom is -0.512 e. The zero-order valence-electron chi connectivity index (χ0n) is 7.50. The van der Waals surface area contributed by atoms with Crippen molar-refractivity contribution in [3.8, 4) is 0 Å². The molecular formula is C9H15NOS. The van der Waals surface area contributed by atoms with Crippen molar-refractivity contribution in [1.82, 2.24) is 0 Å². The second-order valence-corrected chi connectivity index (χ2v) is 3.09. The predicted octanol–water partition coefficient (Wildman–Crippen LogP) is 2.46. The Morgan fingerprint density at radius 2 is 2.08 bits per heavy atom. The molecular weight excluding hydrogens is 170 g/mol. The largest absolute Gasteiger partial charge is 0.512 e. The molecule has 0 aromatic carbocycles. The Bertz CT molecular complexity index is 219. The monoisotopic (exact) mass is 185 g/mol. The highest BCUT2D eigenvalue weighted by atomic mass is 32.1. The second kappa shape index (κ2) is 5.77. The normalized spacial score (nSPS) is 13.2. The number of allylic oxidation sites excluding steroid dienone is 3. The molecule has 0 rings (SSSR count). The smallest absolute Gasteiger partial charge is 0.0962 e. The van der Waals surface area contributed by atoms with Gasteiger partial charge in [-0.25, -0.2) is 0 Å². The van der Waals surface area contributed by atoms with Crippen LogP contribution in [-0.4, -0.2) is 10.1 Å². The van der Waals surface area contributed by atoms with Gasteiger partial charge < -0.3 is 10.8 Å². The molecule has 0 saturated heterocycles. The van der Waals surface area contributed by atoms with E-state index >= 15 is 0 Å². The molecule has 0 aromatic heterocycles. The van der Waals surface area contributed by atoms with Gasteiger partial charge in [0, 0.05) is 6.42 Å². The minimum atomic E-state index is 0.332. The minimum absolute atomic E-state index is 0.332. The van der Waals surface area contributed by atoms with Crippen molar-refractivity contribution in [1.29, 1.82) is 0 Å². The van der Waals surface area contributed by atoms with Gasteiger partial charge in [0.05, 0.1) is 10.7 Å². The molecule has 0 aromatic rings. The maximum absolute atomic E-state index is 9.37. The average Bonchev–Trinajstić information content (AvgIpc) is 2.00. The lowest BCUT2D eigenvalue weighted by molar-refractivity contribution is 0.381. The molecule has 0 spiro atoms. The summed E-state index contributed by atoms with van der Waals surface area (Å²) in [5, 5.41) is 9.37. The van der Waals surface area contributed by atoms with E-state index < -0.39 is 0 Å². The first-order valence-electron chi connectivity index (χ1n) is 3.94. The number of thiocarbonyl (C=S) groups is 1. The van der Waals surface area contributed by atoms with Crippen LogP contribution in [0.3, 0.4) is 0 Å². The summed E-state index contributed by atoms with van der Waals surface area (Å²) in [5.41, 5.74) is 6.08. The summed E-state index contributed by atoms with van der Waals surface area (Å²) in [7, 11) is 0. The molecule has 0 fully saturated rings. The molecule has 0 unspecified atom stereocenters. The summed E-state index contributed by atoms with van der Waals surface area (Å²) < 4.78 is 0. The third-order valence-corrected chi connectivity index (χ3v) is 1.58. The van der Waals surface area contributed by atoms with Crippen LogP contribution in [-0.2, 0) is 0 Å². The van der Waals surface area contributed by atoms with Crippen LogP contribution in [0.1, 0.15) is 26.7 Å². The van der Waals surface area contributed by atoms with Crippen LogP contribution in [0.4, 0.5) is 0 Å². The quantitative estimate of drug-likeness (QED) is 0.306. The first-order valence-corrected chi connectivity index (χ1v) is 4.35. The van der Waals surface area contributed by atoms with Crippen molar-refractivity contribution in [2.24, 2.45) is 5.73 Å². The zero-order chi connectivity index (χ0) is 9.56. The Kier molecular flexibility index (Phi) is 5.37. The number of aliphatic hydroxyl groups is 1. The van der Waals surface area contributed by atoms with E-state index in [4.69, 9.17) is 5.73 Å². The fraction of sp³-hybridized carbons (Fsp3) is 0.444. The lowest BCUT2D eigenvalue weighted by Crippen LogP contribution is -2.02. The first kappa shape index (κ1) is 11.2.